The molecule has 1 N–H and O–H groups in total. The van der Waals surface area contributed by atoms with Gasteiger partial charge in [-0.1, -0.05) is 12.1 Å². The number of anilines is 1. The van der Waals surface area contributed by atoms with Crippen LogP contribution in [0, 0.1) is 11.6 Å². The topological polar surface area (TPSA) is 29.9 Å². The third kappa shape index (κ3) is 3.17. The van der Waals surface area contributed by atoms with Crippen molar-refractivity contribution >= 4 is 18.1 Å². The number of aromatic nitrogens is 2. The second kappa shape index (κ2) is 5.63. The Labute approximate surface area is 104 Å². The number of benzene rings is 1. The smallest absolute Gasteiger partial charge is 0.163 e. The minimum atomic E-state index is -0.828. The second-order valence-corrected chi connectivity index (χ2v) is 3.47. The molecule has 0 fully saturated rings. The van der Waals surface area contributed by atoms with Gasteiger partial charge in [-0.25, -0.2) is 8.78 Å². The van der Waals surface area contributed by atoms with Gasteiger partial charge in [0.1, 0.15) is 0 Å². The van der Waals surface area contributed by atoms with Crippen LogP contribution in [0.5, 0.6) is 0 Å². The summed E-state index contributed by atoms with van der Waals surface area (Å²) in [5.41, 5.74) is 1.06. The van der Waals surface area contributed by atoms with Gasteiger partial charge in [-0.05, 0) is 6.07 Å². The first-order chi connectivity index (χ1) is 7.66. The Morgan fingerprint density at radius 3 is 2.76 bits per heavy atom. The predicted molar refractivity (Wildman–Crippen MR) is 64.1 cm³/mol. The number of nitrogens with one attached hydrogen (secondary N) is 1. The van der Waals surface area contributed by atoms with E-state index in [1.54, 1.807) is 30.2 Å². The van der Waals surface area contributed by atoms with Crippen molar-refractivity contribution in [1.82, 2.24) is 9.78 Å². The second-order valence-electron chi connectivity index (χ2n) is 3.47. The van der Waals surface area contributed by atoms with Crippen molar-refractivity contribution in [3.63, 3.8) is 0 Å². The van der Waals surface area contributed by atoms with Gasteiger partial charge in [-0.15, -0.1) is 12.4 Å². The van der Waals surface area contributed by atoms with Gasteiger partial charge in [0, 0.05) is 25.4 Å². The highest BCUT2D eigenvalue weighted by Crippen LogP contribution is 2.13. The summed E-state index contributed by atoms with van der Waals surface area (Å²) in [6, 6.07) is 4.13. The predicted octanol–water partition coefficient (Wildman–Crippen LogP) is 2.73. The number of halogens is 3. The number of nitrogens with zero attached hydrogens (tertiary/aromatic N) is 2. The van der Waals surface area contributed by atoms with E-state index in [1.807, 2.05) is 0 Å². The van der Waals surface area contributed by atoms with Gasteiger partial charge in [0.15, 0.2) is 11.6 Å². The number of aryl methyl sites for hydroxylation is 1. The van der Waals surface area contributed by atoms with E-state index >= 15 is 0 Å². The molecule has 0 aliphatic carbocycles. The Kier molecular flexibility index (Phi) is 4.45. The molecule has 0 amide bonds. The molecule has 0 saturated carbocycles. The van der Waals surface area contributed by atoms with Crippen LogP contribution in [0.2, 0.25) is 0 Å². The summed E-state index contributed by atoms with van der Waals surface area (Å²) in [4.78, 5) is 0. The van der Waals surface area contributed by atoms with Crippen LogP contribution in [-0.2, 0) is 13.6 Å². The molecule has 0 aliphatic heterocycles. The molecule has 1 aromatic heterocycles. The van der Waals surface area contributed by atoms with E-state index < -0.39 is 11.6 Å². The third-order valence-electron chi connectivity index (χ3n) is 2.22. The fraction of sp³-hybridized carbons (Fsp3) is 0.182. The van der Waals surface area contributed by atoms with Crippen LogP contribution in [0.3, 0.4) is 0 Å². The van der Waals surface area contributed by atoms with Crippen molar-refractivity contribution in [1.29, 1.82) is 0 Å². The normalized spacial score (nSPS) is 9.82. The number of hydrogen-bond acceptors (Lipinski definition) is 2. The molecular weight excluding hydrogens is 248 g/mol. The molecule has 17 heavy (non-hydrogen) atoms. The quantitative estimate of drug-likeness (QED) is 0.919. The fourth-order valence-corrected chi connectivity index (χ4v) is 1.39. The summed E-state index contributed by atoms with van der Waals surface area (Å²) in [5, 5.41) is 6.92. The third-order valence-corrected chi connectivity index (χ3v) is 2.22. The highest BCUT2D eigenvalue weighted by molar-refractivity contribution is 5.85. The molecule has 0 radical (unpaired) electrons. The van der Waals surface area contributed by atoms with Gasteiger partial charge in [-0.3, -0.25) is 4.68 Å². The Morgan fingerprint density at radius 1 is 1.35 bits per heavy atom. The molecule has 2 aromatic rings. The molecule has 0 unspecified atom stereocenters. The summed E-state index contributed by atoms with van der Waals surface area (Å²) in [6.45, 7) is 0.231. The molecule has 3 nitrogen and oxygen atoms in total. The zero-order chi connectivity index (χ0) is 11.5. The summed E-state index contributed by atoms with van der Waals surface area (Å²) < 4.78 is 27.8. The molecule has 2 rings (SSSR count). The molecule has 1 heterocycles. The van der Waals surface area contributed by atoms with Gasteiger partial charge in [0.25, 0.3) is 0 Å². The fourth-order valence-electron chi connectivity index (χ4n) is 1.39. The van der Waals surface area contributed by atoms with Gasteiger partial charge in [0.05, 0.1) is 11.9 Å². The Bertz CT molecular complexity index is 499. The van der Waals surface area contributed by atoms with Crippen molar-refractivity contribution in [3.05, 3.63) is 47.8 Å². The minimum absolute atomic E-state index is 0. The summed E-state index contributed by atoms with van der Waals surface area (Å²) >= 11 is 0. The summed E-state index contributed by atoms with van der Waals surface area (Å²) in [5.74, 6) is -1.63. The van der Waals surface area contributed by atoms with E-state index in [4.69, 9.17) is 0 Å². The van der Waals surface area contributed by atoms with Crippen molar-refractivity contribution in [2.45, 2.75) is 6.54 Å². The average molecular weight is 260 g/mol. The van der Waals surface area contributed by atoms with Crippen LogP contribution >= 0.6 is 12.4 Å². The molecule has 1 aromatic carbocycles. The first kappa shape index (κ1) is 13.4. The van der Waals surface area contributed by atoms with Crippen molar-refractivity contribution in [2.75, 3.05) is 5.32 Å². The lowest BCUT2D eigenvalue weighted by molar-refractivity contribution is 0.500. The van der Waals surface area contributed by atoms with E-state index in [2.05, 4.69) is 10.4 Å². The van der Waals surface area contributed by atoms with Crippen LogP contribution in [0.25, 0.3) is 0 Å². The van der Waals surface area contributed by atoms with Crippen LogP contribution < -0.4 is 5.32 Å². The van der Waals surface area contributed by atoms with E-state index in [9.17, 15) is 8.78 Å². The van der Waals surface area contributed by atoms with Crippen LogP contribution in [0.15, 0.2) is 30.6 Å². The molecular formula is C11H12ClF2N3. The van der Waals surface area contributed by atoms with E-state index in [0.717, 1.165) is 11.8 Å². The molecule has 92 valence electrons. The Morgan fingerprint density at radius 2 is 2.12 bits per heavy atom. The van der Waals surface area contributed by atoms with Crippen molar-refractivity contribution < 1.29 is 8.78 Å². The van der Waals surface area contributed by atoms with E-state index in [1.165, 1.54) is 6.07 Å². The van der Waals surface area contributed by atoms with Gasteiger partial charge in [0.2, 0.25) is 0 Å². The van der Waals surface area contributed by atoms with Gasteiger partial charge in [-0.2, -0.15) is 5.10 Å². The number of hydrogen-bond donors (Lipinski definition) is 1. The zero-order valence-electron chi connectivity index (χ0n) is 9.15. The maximum absolute atomic E-state index is 13.3. The van der Waals surface area contributed by atoms with Crippen molar-refractivity contribution in [2.24, 2.45) is 7.05 Å². The molecule has 0 spiro atoms. The Balaban J connectivity index is 0.00000144. The lowest BCUT2D eigenvalue weighted by atomic mass is 10.2. The standard InChI is InChI=1S/C11H11F2N3.ClH/c1-16-7-9(6-15-16)14-5-8-3-2-4-10(12)11(8)13;/h2-4,6-7,14H,5H2,1H3;1H. The lowest BCUT2D eigenvalue weighted by Gasteiger charge is -2.05. The molecule has 0 atom stereocenters. The summed E-state index contributed by atoms with van der Waals surface area (Å²) in [7, 11) is 1.79. The van der Waals surface area contributed by atoms with E-state index in [-0.39, 0.29) is 19.0 Å². The van der Waals surface area contributed by atoms with Crippen molar-refractivity contribution in [3.8, 4) is 0 Å². The lowest BCUT2D eigenvalue weighted by Crippen LogP contribution is -2.02. The van der Waals surface area contributed by atoms with Crippen LogP contribution in [0.4, 0.5) is 14.5 Å². The largest absolute Gasteiger partial charge is 0.378 e. The van der Waals surface area contributed by atoms with Crippen LogP contribution in [0.1, 0.15) is 5.56 Å². The minimum Gasteiger partial charge on any atom is -0.378 e. The highest BCUT2D eigenvalue weighted by atomic mass is 35.5. The Hall–Kier alpha value is -1.62. The first-order valence-electron chi connectivity index (χ1n) is 4.82. The monoisotopic (exact) mass is 259 g/mol. The SMILES string of the molecule is Cl.Cn1cc(NCc2cccc(F)c2F)cn1. The summed E-state index contributed by atoms with van der Waals surface area (Å²) in [6.07, 6.45) is 3.38. The maximum Gasteiger partial charge on any atom is 0.163 e. The number of rotatable bonds is 3. The van der Waals surface area contributed by atoms with Gasteiger partial charge >= 0.3 is 0 Å². The molecule has 0 bridgehead atoms. The van der Waals surface area contributed by atoms with E-state index in [0.29, 0.717) is 5.56 Å². The first-order valence-corrected chi connectivity index (χ1v) is 4.82. The zero-order valence-corrected chi connectivity index (χ0v) is 9.97. The molecule has 0 aliphatic rings. The molecule has 6 heteroatoms. The highest BCUT2D eigenvalue weighted by Gasteiger charge is 2.07. The van der Waals surface area contributed by atoms with Gasteiger partial charge < -0.3 is 5.32 Å². The average Bonchev–Trinajstić information content (AvgIpc) is 2.67. The maximum atomic E-state index is 13.3. The molecule has 0 saturated heterocycles. The van der Waals surface area contributed by atoms with Crippen LogP contribution in [-0.4, -0.2) is 9.78 Å².